The largest absolute Gasteiger partial charge is 0.350 e. The van der Waals surface area contributed by atoms with E-state index in [0.29, 0.717) is 25.1 Å². The summed E-state index contributed by atoms with van der Waals surface area (Å²) in [6.45, 7) is 3.91. The summed E-state index contributed by atoms with van der Waals surface area (Å²) in [6.07, 6.45) is 1.49. The Kier molecular flexibility index (Phi) is 4.62. The van der Waals surface area contributed by atoms with Crippen molar-refractivity contribution in [3.8, 4) is 0 Å². The number of aryl methyl sites for hydroxylation is 1. The average Bonchev–Trinajstić information content (AvgIpc) is 3.25. The molecule has 0 radical (unpaired) electrons. The molecule has 0 saturated carbocycles. The first-order valence-corrected chi connectivity index (χ1v) is 9.24. The molecule has 1 saturated heterocycles. The van der Waals surface area contributed by atoms with Gasteiger partial charge in [-0.25, -0.2) is 4.98 Å². The van der Waals surface area contributed by atoms with Crippen LogP contribution in [-0.2, 0) is 11.3 Å². The number of para-hydroxylation sites is 2. The number of carbonyl (C=O) groups is 2. The molecule has 1 aliphatic heterocycles. The van der Waals surface area contributed by atoms with Crippen LogP contribution in [0.2, 0.25) is 0 Å². The van der Waals surface area contributed by atoms with Crippen molar-refractivity contribution in [2.45, 2.75) is 26.3 Å². The first kappa shape index (κ1) is 17.3. The van der Waals surface area contributed by atoms with Crippen molar-refractivity contribution in [2.24, 2.45) is 0 Å². The van der Waals surface area contributed by atoms with Gasteiger partial charge in [0.2, 0.25) is 5.91 Å². The Morgan fingerprint density at radius 1 is 1.15 bits per heavy atom. The Bertz CT molecular complexity index is 991. The van der Waals surface area contributed by atoms with Gasteiger partial charge in [0.15, 0.2) is 0 Å². The number of rotatable bonds is 5. The Labute approximate surface area is 157 Å². The minimum atomic E-state index is -0.114. The van der Waals surface area contributed by atoms with Crippen LogP contribution in [0.5, 0.6) is 0 Å². The Hall–Kier alpha value is -3.15. The molecule has 0 aliphatic carbocycles. The predicted molar refractivity (Wildman–Crippen MR) is 105 cm³/mol. The number of hydrogen-bond donors (Lipinski definition) is 1. The second-order valence-electron chi connectivity index (χ2n) is 6.75. The minimum absolute atomic E-state index is 0.114. The fourth-order valence-corrected chi connectivity index (χ4v) is 3.58. The topological polar surface area (TPSA) is 67.2 Å². The molecule has 0 spiro atoms. The van der Waals surface area contributed by atoms with Gasteiger partial charge in [-0.15, -0.1) is 0 Å². The number of hydrogen-bond acceptors (Lipinski definition) is 3. The standard InChI is InChI=1S/C21H22N4O2/c1-15-23-18-5-2-3-6-19(18)24(15)14-12-22-21(27)16-8-10-17(11-9-16)25-13-4-7-20(25)26/h2-3,5-6,8-11H,4,7,12-14H2,1H3,(H,22,27). The molecule has 1 fully saturated rings. The van der Waals surface area contributed by atoms with Gasteiger partial charge in [-0.3, -0.25) is 9.59 Å². The van der Waals surface area contributed by atoms with E-state index in [0.717, 1.165) is 35.5 Å². The summed E-state index contributed by atoms with van der Waals surface area (Å²) >= 11 is 0. The molecule has 2 aromatic carbocycles. The van der Waals surface area contributed by atoms with E-state index in [2.05, 4.69) is 14.9 Å². The van der Waals surface area contributed by atoms with Crippen LogP contribution in [0.3, 0.4) is 0 Å². The van der Waals surface area contributed by atoms with Crippen LogP contribution in [0.25, 0.3) is 11.0 Å². The van der Waals surface area contributed by atoms with Crippen molar-refractivity contribution in [1.82, 2.24) is 14.9 Å². The third-order valence-corrected chi connectivity index (χ3v) is 4.98. The lowest BCUT2D eigenvalue weighted by Gasteiger charge is -2.16. The van der Waals surface area contributed by atoms with Crippen LogP contribution in [0.4, 0.5) is 5.69 Å². The predicted octanol–water partition coefficient (Wildman–Crippen LogP) is 2.90. The first-order valence-electron chi connectivity index (χ1n) is 9.24. The number of nitrogens with zero attached hydrogens (tertiary/aromatic N) is 3. The molecule has 2 heterocycles. The summed E-state index contributed by atoms with van der Waals surface area (Å²) in [7, 11) is 0. The van der Waals surface area contributed by atoms with Crippen molar-refractivity contribution in [1.29, 1.82) is 0 Å². The molecule has 0 atom stereocenters. The van der Waals surface area contributed by atoms with Gasteiger partial charge in [0.25, 0.3) is 5.91 Å². The molecule has 6 heteroatoms. The molecule has 138 valence electrons. The maximum absolute atomic E-state index is 12.4. The zero-order valence-corrected chi connectivity index (χ0v) is 15.3. The molecular weight excluding hydrogens is 340 g/mol. The Morgan fingerprint density at radius 3 is 2.67 bits per heavy atom. The highest BCUT2D eigenvalue weighted by molar-refractivity contribution is 5.97. The lowest BCUT2D eigenvalue weighted by molar-refractivity contribution is -0.117. The highest BCUT2D eigenvalue weighted by Gasteiger charge is 2.21. The lowest BCUT2D eigenvalue weighted by atomic mass is 10.2. The molecule has 0 bridgehead atoms. The molecule has 4 rings (SSSR count). The molecule has 1 N–H and O–H groups in total. The Balaban J connectivity index is 1.38. The smallest absolute Gasteiger partial charge is 0.251 e. The van der Waals surface area contributed by atoms with Crippen molar-refractivity contribution >= 4 is 28.5 Å². The molecule has 3 aromatic rings. The normalized spacial score (nSPS) is 14.1. The zero-order valence-electron chi connectivity index (χ0n) is 15.3. The molecule has 2 amide bonds. The number of nitrogens with one attached hydrogen (secondary N) is 1. The number of imidazole rings is 1. The van der Waals surface area contributed by atoms with Gasteiger partial charge < -0.3 is 14.8 Å². The number of benzene rings is 2. The SMILES string of the molecule is Cc1nc2ccccc2n1CCNC(=O)c1ccc(N2CCCC2=O)cc1. The molecule has 27 heavy (non-hydrogen) atoms. The van der Waals surface area contributed by atoms with E-state index in [1.807, 2.05) is 43.3 Å². The summed E-state index contributed by atoms with van der Waals surface area (Å²) in [5.74, 6) is 0.969. The van der Waals surface area contributed by atoms with Gasteiger partial charge in [0, 0.05) is 37.3 Å². The van der Waals surface area contributed by atoms with E-state index < -0.39 is 0 Å². The summed E-state index contributed by atoms with van der Waals surface area (Å²) in [6, 6.07) is 15.2. The van der Waals surface area contributed by atoms with Crippen LogP contribution in [0.15, 0.2) is 48.5 Å². The first-order chi connectivity index (χ1) is 13.1. The van der Waals surface area contributed by atoms with E-state index in [1.165, 1.54) is 0 Å². The summed E-state index contributed by atoms with van der Waals surface area (Å²) in [4.78, 5) is 30.5. The molecule has 1 aliphatic rings. The fraction of sp³-hybridized carbons (Fsp3) is 0.286. The highest BCUT2D eigenvalue weighted by atomic mass is 16.2. The molecule has 6 nitrogen and oxygen atoms in total. The second kappa shape index (κ2) is 7.23. The van der Waals surface area contributed by atoms with Gasteiger partial charge in [0.05, 0.1) is 11.0 Å². The van der Waals surface area contributed by atoms with Crippen LogP contribution in [-0.4, -0.2) is 34.5 Å². The number of anilines is 1. The maximum Gasteiger partial charge on any atom is 0.251 e. The average molecular weight is 362 g/mol. The van der Waals surface area contributed by atoms with E-state index >= 15 is 0 Å². The summed E-state index contributed by atoms with van der Waals surface area (Å²) in [5, 5.41) is 2.96. The van der Waals surface area contributed by atoms with Gasteiger partial charge in [-0.05, 0) is 49.7 Å². The third kappa shape index (κ3) is 3.43. The molecule has 0 unspecified atom stereocenters. The van der Waals surface area contributed by atoms with Crippen molar-refractivity contribution < 1.29 is 9.59 Å². The summed E-state index contributed by atoms with van der Waals surface area (Å²) in [5.41, 5.74) is 3.49. The second-order valence-corrected chi connectivity index (χ2v) is 6.75. The zero-order chi connectivity index (χ0) is 18.8. The van der Waals surface area contributed by atoms with Crippen LogP contribution in [0.1, 0.15) is 29.0 Å². The van der Waals surface area contributed by atoms with Crippen LogP contribution < -0.4 is 10.2 Å². The molecular formula is C21H22N4O2. The Morgan fingerprint density at radius 2 is 1.93 bits per heavy atom. The minimum Gasteiger partial charge on any atom is -0.350 e. The maximum atomic E-state index is 12.4. The fourth-order valence-electron chi connectivity index (χ4n) is 3.58. The quantitative estimate of drug-likeness (QED) is 0.759. The number of carbonyl (C=O) groups excluding carboxylic acids is 2. The van der Waals surface area contributed by atoms with Crippen LogP contribution >= 0.6 is 0 Å². The number of aromatic nitrogens is 2. The van der Waals surface area contributed by atoms with E-state index in [4.69, 9.17) is 0 Å². The monoisotopic (exact) mass is 362 g/mol. The number of fused-ring (bicyclic) bond motifs is 1. The van der Waals surface area contributed by atoms with Crippen molar-refractivity contribution in [2.75, 3.05) is 18.0 Å². The summed E-state index contributed by atoms with van der Waals surface area (Å²) < 4.78 is 2.11. The van der Waals surface area contributed by atoms with Gasteiger partial charge in [-0.1, -0.05) is 12.1 Å². The van der Waals surface area contributed by atoms with E-state index in [-0.39, 0.29) is 11.8 Å². The molecule has 1 aromatic heterocycles. The van der Waals surface area contributed by atoms with E-state index in [9.17, 15) is 9.59 Å². The third-order valence-electron chi connectivity index (χ3n) is 4.98. The van der Waals surface area contributed by atoms with Crippen molar-refractivity contribution in [3.63, 3.8) is 0 Å². The highest BCUT2D eigenvalue weighted by Crippen LogP contribution is 2.21. The van der Waals surface area contributed by atoms with Gasteiger partial charge >= 0.3 is 0 Å². The van der Waals surface area contributed by atoms with Gasteiger partial charge in [-0.2, -0.15) is 0 Å². The van der Waals surface area contributed by atoms with Gasteiger partial charge in [0.1, 0.15) is 5.82 Å². The van der Waals surface area contributed by atoms with E-state index in [1.54, 1.807) is 17.0 Å². The lowest BCUT2D eigenvalue weighted by Crippen LogP contribution is -2.28. The number of amides is 2. The van der Waals surface area contributed by atoms with Crippen molar-refractivity contribution in [3.05, 3.63) is 59.9 Å². The van der Waals surface area contributed by atoms with Crippen LogP contribution in [0, 0.1) is 6.92 Å².